The number of allylic oxidation sites excluding steroid dienone is 1. The molecule has 1 spiro atoms. The van der Waals surface area contributed by atoms with Crippen molar-refractivity contribution in [1.82, 2.24) is 9.80 Å². The Hall–Kier alpha value is -0.830. The minimum atomic E-state index is 0.308. The van der Waals surface area contributed by atoms with Crippen LogP contribution in [0.3, 0.4) is 0 Å². The zero-order chi connectivity index (χ0) is 13.7. The maximum absolute atomic E-state index is 12.1. The molecule has 2 saturated heterocycles. The quantitative estimate of drug-likeness (QED) is 0.716. The summed E-state index contributed by atoms with van der Waals surface area (Å²) in [7, 11) is 2.22. The summed E-state index contributed by atoms with van der Waals surface area (Å²) < 4.78 is 0. The minimum absolute atomic E-state index is 0.308. The molecule has 0 bridgehead atoms. The lowest BCUT2D eigenvalue weighted by atomic mass is 9.73. The molecule has 0 N–H and O–H groups in total. The summed E-state index contributed by atoms with van der Waals surface area (Å²) in [6, 6.07) is 0. The summed E-state index contributed by atoms with van der Waals surface area (Å²) in [5.41, 5.74) is 0.530. The number of likely N-dealkylation sites (tertiary alicyclic amines) is 2. The molecule has 3 heteroatoms. The average Bonchev–Trinajstić information content (AvgIpc) is 2.63. The van der Waals surface area contributed by atoms with E-state index in [0.717, 1.165) is 13.1 Å². The van der Waals surface area contributed by atoms with Crippen LogP contribution in [0.4, 0.5) is 0 Å². The van der Waals surface area contributed by atoms with Crippen molar-refractivity contribution in [2.24, 2.45) is 5.41 Å². The topological polar surface area (TPSA) is 23.6 Å². The van der Waals surface area contributed by atoms with Gasteiger partial charge in [0, 0.05) is 19.5 Å². The second-order valence-corrected chi connectivity index (χ2v) is 6.31. The highest BCUT2D eigenvalue weighted by Crippen LogP contribution is 2.40. The molecule has 0 radical (unpaired) electrons. The fourth-order valence-electron chi connectivity index (χ4n) is 3.44. The highest BCUT2D eigenvalue weighted by atomic mass is 16.2. The molecular weight excluding hydrogens is 236 g/mol. The van der Waals surface area contributed by atoms with Crippen molar-refractivity contribution in [1.29, 1.82) is 0 Å². The highest BCUT2D eigenvalue weighted by Gasteiger charge is 2.35. The van der Waals surface area contributed by atoms with Gasteiger partial charge in [-0.25, -0.2) is 0 Å². The van der Waals surface area contributed by atoms with Crippen LogP contribution in [-0.4, -0.2) is 48.9 Å². The van der Waals surface area contributed by atoms with Gasteiger partial charge in [-0.1, -0.05) is 12.2 Å². The maximum atomic E-state index is 12.1. The molecule has 0 aromatic heterocycles. The Balaban J connectivity index is 1.89. The maximum Gasteiger partial charge on any atom is 0.226 e. The number of amides is 1. The van der Waals surface area contributed by atoms with Gasteiger partial charge < -0.3 is 9.80 Å². The average molecular weight is 264 g/mol. The van der Waals surface area contributed by atoms with Crippen molar-refractivity contribution in [2.45, 2.75) is 45.4 Å². The fraction of sp³-hybridized carbons (Fsp3) is 0.812. The summed E-state index contributed by atoms with van der Waals surface area (Å²) >= 11 is 0. The van der Waals surface area contributed by atoms with Crippen molar-refractivity contribution < 1.29 is 4.79 Å². The van der Waals surface area contributed by atoms with Crippen LogP contribution in [-0.2, 0) is 4.79 Å². The predicted molar refractivity (Wildman–Crippen MR) is 79.0 cm³/mol. The van der Waals surface area contributed by atoms with Gasteiger partial charge in [0.05, 0.1) is 0 Å². The van der Waals surface area contributed by atoms with E-state index < -0.39 is 0 Å². The van der Waals surface area contributed by atoms with Crippen LogP contribution in [0.5, 0.6) is 0 Å². The van der Waals surface area contributed by atoms with E-state index >= 15 is 0 Å². The number of nitrogens with zero attached hydrogens (tertiary/aromatic N) is 2. The standard InChI is InChI=1S/C16H28N2O/c1-3-4-6-15(19)18-11-5-7-16(10-14-18)8-12-17(2)13-9-16/h3-4H,5-14H2,1-2H3. The molecular formula is C16H28N2O. The molecule has 0 aromatic carbocycles. The molecule has 108 valence electrons. The highest BCUT2D eigenvalue weighted by molar-refractivity contribution is 5.77. The second-order valence-electron chi connectivity index (χ2n) is 6.31. The summed E-state index contributed by atoms with van der Waals surface area (Å²) in [6.45, 7) is 6.37. The number of hydrogen-bond acceptors (Lipinski definition) is 2. The van der Waals surface area contributed by atoms with Gasteiger partial charge in [0.25, 0.3) is 0 Å². The zero-order valence-corrected chi connectivity index (χ0v) is 12.5. The summed E-state index contributed by atoms with van der Waals surface area (Å²) in [6.07, 6.45) is 10.9. The van der Waals surface area contributed by atoms with Crippen LogP contribution >= 0.6 is 0 Å². The van der Waals surface area contributed by atoms with Gasteiger partial charge in [-0.2, -0.15) is 0 Å². The molecule has 19 heavy (non-hydrogen) atoms. The van der Waals surface area contributed by atoms with E-state index in [4.69, 9.17) is 0 Å². The molecule has 2 rings (SSSR count). The van der Waals surface area contributed by atoms with Gasteiger partial charge in [0.15, 0.2) is 0 Å². The Morgan fingerprint density at radius 3 is 2.47 bits per heavy atom. The largest absolute Gasteiger partial charge is 0.342 e. The summed E-state index contributed by atoms with van der Waals surface area (Å²) in [5.74, 6) is 0.308. The fourth-order valence-corrected chi connectivity index (χ4v) is 3.44. The van der Waals surface area contributed by atoms with Gasteiger partial charge >= 0.3 is 0 Å². The lowest BCUT2D eigenvalue weighted by Crippen LogP contribution is -2.39. The smallest absolute Gasteiger partial charge is 0.226 e. The number of carbonyl (C=O) groups is 1. The zero-order valence-electron chi connectivity index (χ0n) is 12.5. The van der Waals surface area contributed by atoms with E-state index in [0.29, 0.717) is 17.7 Å². The molecule has 0 atom stereocenters. The van der Waals surface area contributed by atoms with Crippen LogP contribution < -0.4 is 0 Å². The van der Waals surface area contributed by atoms with Gasteiger partial charge in [0.2, 0.25) is 5.91 Å². The summed E-state index contributed by atoms with van der Waals surface area (Å²) in [5, 5.41) is 0. The Bertz CT molecular complexity index is 330. The Kier molecular flexibility index (Phi) is 5.03. The van der Waals surface area contributed by atoms with E-state index in [1.807, 2.05) is 19.1 Å². The second kappa shape index (κ2) is 6.56. The van der Waals surface area contributed by atoms with Crippen molar-refractivity contribution >= 4 is 5.91 Å². The predicted octanol–water partition coefficient (Wildman–Crippen LogP) is 2.68. The first-order chi connectivity index (χ1) is 9.15. The Morgan fingerprint density at radius 1 is 1.11 bits per heavy atom. The number of rotatable bonds is 2. The molecule has 2 heterocycles. The van der Waals surface area contributed by atoms with E-state index in [-0.39, 0.29) is 0 Å². The molecule has 0 unspecified atom stereocenters. The van der Waals surface area contributed by atoms with Crippen molar-refractivity contribution in [3.05, 3.63) is 12.2 Å². The van der Waals surface area contributed by atoms with Gasteiger partial charge in [-0.3, -0.25) is 4.79 Å². The number of piperidine rings is 1. The van der Waals surface area contributed by atoms with Crippen LogP contribution in [0.2, 0.25) is 0 Å². The molecule has 0 aromatic rings. The molecule has 1 amide bonds. The van der Waals surface area contributed by atoms with Crippen molar-refractivity contribution in [2.75, 3.05) is 33.2 Å². The minimum Gasteiger partial charge on any atom is -0.342 e. The third-order valence-corrected chi connectivity index (χ3v) is 4.98. The summed E-state index contributed by atoms with van der Waals surface area (Å²) in [4.78, 5) is 16.6. The van der Waals surface area contributed by atoms with Gasteiger partial charge in [-0.05, 0) is 64.6 Å². The van der Waals surface area contributed by atoms with Crippen molar-refractivity contribution in [3.8, 4) is 0 Å². The van der Waals surface area contributed by atoms with Crippen LogP contribution in [0.1, 0.15) is 45.4 Å². The third-order valence-electron chi connectivity index (χ3n) is 4.98. The van der Waals surface area contributed by atoms with E-state index in [1.54, 1.807) is 0 Å². The van der Waals surface area contributed by atoms with Gasteiger partial charge in [0.1, 0.15) is 0 Å². The Morgan fingerprint density at radius 2 is 1.79 bits per heavy atom. The van der Waals surface area contributed by atoms with Crippen LogP contribution in [0, 0.1) is 5.41 Å². The first-order valence-electron chi connectivity index (χ1n) is 7.73. The monoisotopic (exact) mass is 264 g/mol. The lowest BCUT2D eigenvalue weighted by Gasteiger charge is -2.40. The molecule has 2 aliphatic heterocycles. The lowest BCUT2D eigenvalue weighted by molar-refractivity contribution is -0.130. The van der Waals surface area contributed by atoms with Gasteiger partial charge in [-0.15, -0.1) is 0 Å². The first kappa shape index (κ1) is 14.6. The SMILES string of the molecule is CC=CCC(=O)N1CCCC2(CCN(C)CC2)CC1. The Labute approximate surface area is 117 Å². The molecule has 0 aliphatic carbocycles. The first-order valence-corrected chi connectivity index (χ1v) is 7.73. The van der Waals surface area contributed by atoms with Crippen molar-refractivity contribution in [3.63, 3.8) is 0 Å². The number of hydrogen-bond donors (Lipinski definition) is 0. The normalized spacial score (nSPS) is 24.8. The van der Waals surface area contributed by atoms with Crippen LogP contribution in [0.25, 0.3) is 0 Å². The van der Waals surface area contributed by atoms with E-state index in [1.165, 1.54) is 45.2 Å². The number of carbonyl (C=O) groups excluding carboxylic acids is 1. The van der Waals surface area contributed by atoms with E-state index in [9.17, 15) is 4.79 Å². The molecule has 0 saturated carbocycles. The molecule has 2 aliphatic rings. The van der Waals surface area contributed by atoms with E-state index in [2.05, 4.69) is 16.8 Å². The molecule has 3 nitrogen and oxygen atoms in total. The van der Waals surface area contributed by atoms with Crippen LogP contribution in [0.15, 0.2) is 12.2 Å². The molecule has 2 fully saturated rings. The third kappa shape index (κ3) is 3.82.